The standard InChI is InChI=1S/C28H34O9/c1-14(29)34-19-12-20(31)36-24(2,3)17-11-18(30)27(6)16(26(17,19)5)7-9-25(4)21(15-8-10-33-13-15)35-23(32)22-28(25,27)37-22/h8,10,13,16-17,19,21-22H,7,9,11-12H2,1-6H3/t16-,17+,19?,21+,22-,25+,26-,27+,28-/m1/s1. The molecule has 6 rings (SSSR count). The van der Waals surface area contributed by atoms with Gasteiger partial charge in [-0.25, -0.2) is 4.79 Å². The number of fused-ring (bicyclic) bond motifs is 3. The Hall–Kier alpha value is -2.68. The van der Waals surface area contributed by atoms with Gasteiger partial charge in [-0.2, -0.15) is 0 Å². The summed E-state index contributed by atoms with van der Waals surface area (Å²) in [5, 5.41) is 0. The Labute approximate surface area is 215 Å². The summed E-state index contributed by atoms with van der Waals surface area (Å²) in [5.41, 5.74) is -3.88. The zero-order valence-electron chi connectivity index (χ0n) is 22.1. The Bertz CT molecular complexity index is 1200. The van der Waals surface area contributed by atoms with Gasteiger partial charge in [0.25, 0.3) is 0 Å². The third-order valence-corrected chi connectivity index (χ3v) is 10.8. The average molecular weight is 515 g/mol. The van der Waals surface area contributed by atoms with E-state index in [1.807, 2.05) is 34.6 Å². The van der Waals surface area contributed by atoms with E-state index >= 15 is 0 Å². The van der Waals surface area contributed by atoms with Gasteiger partial charge in [0.1, 0.15) is 29.2 Å². The minimum absolute atomic E-state index is 0.0263. The van der Waals surface area contributed by atoms with Crippen molar-refractivity contribution in [2.75, 3.05) is 0 Å². The van der Waals surface area contributed by atoms with Crippen molar-refractivity contribution in [3.8, 4) is 0 Å². The van der Waals surface area contributed by atoms with E-state index in [0.29, 0.717) is 12.8 Å². The van der Waals surface area contributed by atoms with Crippen molar-refractivity contribution >= 4 is 23.7 Å². The van der Waals surface area contributed by atoms with E-state index in [1.54, 1.807) is 12.3 Å². The molecule has 0 bridgehead atoms. The van der Waals surface area contributed by atoms with Crippen LogP contribution >= 0.6 is 0 Å². The van der Waals surface area contributed by atoms with Crippen molar-refractivity contribution in [2.24, 2.45) is 28.1 Å². The van der Waals surface area contributed by atoms with E-state index in [9.17, 15) is 19.2 Å². The van der Waals surface area contributed by atoms with Crippen LogP contribution in [0.5, 0.6) is 0 Å². The number of Topliss-reactive ketones (excluding diaryl/α,β-unsaturated/α-hetero) is 1. The molecule has 3 aliphatic heterocycles. The molecule has 0 amide bonds. The average Bonchev–Trinajstić information content (AvgIpc) is 3.38. The number of ether oxygens (including phenoxy) is 4. The molecule has 4 heterocycles. The molecule has 37 heavy (non-hydrogen) atoms. The van der Waals surface area contributed by atoms with Gasteiger partial charge in [0.15, 0.2) is 6.10 Å². The highest BCUT2D eigenvalue weighted by molar-refractivity contribution is 5.93. The quantitative estimate of drug-likeness (QED) is 0.330. The van der Waals surface area contributed by atoms with Crippen LogP contribution in [-0.4, -0.2) is 47.1 Å². The summed E-state index contributed by atoms with van der Waals surface area (Å²) in [4.78, 5) is 52.7. The second-order valence-corrected chi connectivity index (χ2v) is 12.7. The summed E-state index contributed by atoms with van der Waals surface area (Å²) < 4.78 is 29.3. The summed E-state index contributed by atoms with van der Waals surface area (Å²) in [6.07, 6.45) is 2.06. The van der Waals surface area contributed by atoms with Gasteiger partial charge in [-0.1, -0.05) is 13.8 Å². The number of ketones is 1. The largest absolute Gasteiger partial charge is 0.472 e. The lowest BCUT2D eigenvalue weighted by Gasteiger charge is -2.66. The van der Waals surface area contributed by atoms with Gasteiger partial charge in [-0.15, -0.1) is 0 Å². The van der Waals surface area contributed by atoms with Crippen molar-refractivity contribution in [3.63, 3.8) is 0 Å². The third kappa shape index (κ3) is 2.79. The summed E-state index contributed by atoms with van der Waals surface area (Å²) in [5.74, 6) is -2.18. The van der Waals surface area contributed by atoms with Crippen molar-refractivity contribution < 1.29 is 42.5 Å². The van der Waals surface area contributed by atoms with E-state index in [-0.39, 0.29) is 30.5 Å². The minimum atomic E-state index is -1.09. The molecule has 9 atom stereocenters. The molecule has 0 aromatic carbocycles. The van der Waals surface area contributed by atoms with E-state index in [4.69, 9.17) is 23.4 Å². The Kier molecular flexibility index (Phi) is 4.82. The van der Waals surface area contributed by atoms with Crippen LogP contribution in [0.2, 0.25) is 0 Å². The van der Waals surface area contributed by atoms with Crippen LogP contribution in [0.15, 0.2) is 23.0 Å². The fourth-order valence-electron chi connectivity index (χ4n) is 9.24. The number of cyclic esters (lactones) is 2. The lowest BCUT2D eigenvalue weighted by atomic mass is 9.37. The summed E-state index contributed by atoms with van der Waals surface area (Å²) in [6.45, 7) is 11.0. The van der Waals surface area contributed by atoms with E-state index in [2.05, 4.69) is 0 Å². The maximum absolute atomic E-state index is 14.4. The number of esters is 3. The Balaban J connectivity index is 1.54. The minimum Gasteiger partial charge on any atom is -0.472 e. The molecule has 1 aromatic rings. The van der Waals surface area contributed by atoms with Gasteiger partial charge in [-0.05, 0) is 45.6 Å². The second-order valence-electron chi connectivity index (χ2n) is 12.7. The summed E-state index contributed by atoms with van der Waals surface area (Å²) >= 11 is 0. The predicted octanol–water partition coefficient (Wildman–Crippen LogP) is 3.69. The number of carbonyl (C=O) groups is 4. The van der Waals surface area contributed by atoms with Gasteiger partial charge in [0.05, 0.1) is 24.4 Å². The molecule has 1 unspecified atom stereocenters. The molecular formula is C28H34O9. The number of hydrogen-bond acceptors (Lipinski definition) is 9. The molecule has 2 aliphatic carbocycles. The third-order valence-electron chi connectivity index (χ3n) is 10.8. The van der Waals surface area contributed by atoms with Gasteiger partial charge in [0, 0.05) is 35.7 Å². The Morgan fingerprint density at radius 3 is 2.41 bits per heavy atom. The van der Waals surface area contributed by atoms with Crippen molar-refractivity contribution in [3.05, 3.63) is 24.2 Å². The zero-order valence-corrected chi connectivity index (χ0v) is 22.1. The van der Waals surface area contributed by atoms with E-state index in [0.717, 1.165) is 5.56 Å². The number of carbonyl (C=O) groups excluding carboxylic acids is 4. The molecule has 9 heteroatoms. The summed E-state index contributed by atoms with van der Waals surface area (Å²) in [7, 11) is 0. The second kappa shape index (κ2) is 7.24. The monoisotopic (exact) mass is 514 g/mol. The van der Waals surface area contributed by atoms with Gasteiger partial charge in [0.2, 0.25) is 0 Å². The van der Waals surface area contributed by atoms with Crippen molar-refractivity contribution in [2.45, 2.75) is 96.7 Å². The molecule has 1 aromatic heterocycles. The van der Waals surface area contributed by atoms with Crippen LogP contribution in [0.3, 0.4) is 0 Å². The SMILES string of the molecule is CC(=O)OC1CC(=O)OC(C)(C)[C@@H]2CC(=O)[C@]3(C)[C@H](CC[C@@]4(C)[C@H](c5ccoc5)OC(=O)[C@H]5O[C@]543)[C@@]12C. The highest BCUT2D eigenvalue weighted by Crippen LogP contribution is 2.78. The lowest BCUT2D eigenvalue weighted by molar-refractivity contribution is -0.234. The first-order chi connectivity index (χ1) is 17.2. The first-order valence-corrected chi connectivity index (χ1v) is 13.1. The maximum atomic E-state index is 14.4. The molecule has 1 spiro atoms. The van der Waals surface area contributed by atoms with Crippen LogP contribution in [0.1, 0.15) is 78.9 Å². The Morgan fingerprint density at radius 2 is 1.76 bits per heavy atom. The van der Waals surface area contributed by atoms with Crippen LogP contribution < -0.4 is 0 Å². The van der Waals surface area contributed by atoms with Gasteiger partial charge in [-0.3, -0.25) is 14.4 Å². The number of hydrogen-bond donors (Lipinski definition) is 0. The molecule has 200 valence electrons. The molecule has 0 radical (unpaired) electrons. The van der Waals surface area contributed by atoms with E-state index < -0.39 is 63.7 Å². The molecule has 3 saturated heterocycles. The summed E-state index contributed by atoms with van der Waals surface area (Å²) in [6, 6.07) is 1.78. The fraction of sp³-hybridized carbons (Fsp3) is 0.714. The van der Waals surface area contributed by atoms with E-state index in [1.165, 1.54) is 13.2 Å². The topological polar surface area (TPSA) is 122 Å². The Morgan fingerprint density at radius 1 is 1.03 bits per heavy atom. The molecular weight excluding hydrogens is 480 g/mol. The van der Waals surface area contributed by atoms with Gasteiger partial charge < -0.3 is 23.4 Å². The predicted molar refractivity (Wildman–Crippen MR) is 126 cm³/mol. The zero-order chi connectivity index (χ0) is 26.8. The van der Waals surface area contributed by atoms with Gasteiger partial charge >= 0.3 is 17.9 Å². The number of furan rings is 1. The highest BCUT2D eigenvalue weighted by atomic mass is 16.7. The maximum Gasteiger partial charge on any atom is 0.339 e. The molecule has 2 saturated carbocycles. The van der Waals surface area contributed by atoms with Crippen molar-refractivity contribution in [1.82, 2.24) is 0 Å². The first-order valence-electron chi connectivity index (χ1n) is 13.1. The van der Waals surface area contributed by atoms with Crippen LogP contribution in [-0.2, 0) is 38.1 Å². The number of epoxide rings is 1. The molecule has 5 fully saturated rings. The van der Waals surface area contributed by atoms with Crippen LogP contribution in [0.4, 0.5) is 0 Å². The first kappa shape index (κ1) is 24.6. The normalized spacial score (nSPS) is 47.7. The highest BCUT2D eigenvalue weighted by Gasteiger charge is 2.88. The molecule has 0 N–H and O–H groups in total. The van der Waals surface area contributed by atoms with Crippen molar-refractivity contribution in [1.29, 1.82) is 0 Å². The molecule has 9 nitrogen and oxygen atoms in total. The smallest absolute Gasteiger partial charge is 0.339 e. The van der Waals surface area contributed by atoms with Crippen LogP contribution in [0, 0.1) is 28.1 Å². The lowest BCUT2D eigenvalue weighted by Crippen LogP contribution is -2.72. The number of rotatable bonds is 2. The molecule has 5 aliphatic rings. The fourth-order valence-corrected chi connectivity index (χ4v) is 9.24. The van der Waals surface area contributed by atoms with Crippen LogP contribution in [0.25, 0.3) is 0 Å².